The van der Waals surface area contributed by atoms with E-state index in [1.807, 2.05) is 37.3 Å². The van der Waals surface area contributed by atoms with Crippen LogP contribution in [-0.4, -0.2) is 41.8 Å². The van der Waals surface area contributed by atoms with Gasteiger partial charge in [0.25, 0.3) is 11.8 Å². The van der Waals surface area contributed by atoms with Crippen molar-refractivity contribution in [1.82, 2.24) is 20.8 Å². The molecule has 7 nitrogen and oxygen atoms in total. The second kappa shape index (κ2) is 8.05. The van der Waals surface area contributed by atoms with Gasteiger partial charge in [0.05, 0.1) is 12.6 Å². The maximum absolute atomic E-state index is 12.1. The zero-order chi connectivity index (χ0) is 15.4. The van der Waals surface area contributed by atoms with Crippen molar-refractivity contribution in [2.45, 2.75) is 19.1 Å². The van der Waals surface area contributed by atoms with E-state index in [9.17, 15) is 4.79 Å². The highest BCUT2D eigenvalue weighted by Gasteiger charge is 2.25. The van der Waals surface area contributed by atoms with Crippen LogP contribution in [0.3, 0.4) is 0 Å². The van der Waals surface area contributed by atoms with Gasteiger partial charge in [0.15, 0.2) is 5.82 Å². The minimum Gasteiger partial charge on any atom is -0.366 e. The molecule has 0 saturated carbocycles. The van der Waals surface area contributed by atoms with Gasteiger partial charge in [-0.3, -0.25) is 4.79 Å². The van der Waals surface area contributed by atoms with E-state index in [2.05, 4.69) is 20.8 Å². The third-order valence-electron chi connectivity index (χ3n) is 3.43. The molecule has 124 valence electrons. The molecule has 0 radical (unpaired) electrons. The van der Waals surface area contributed by atoms with Crippen LogP contribution in [0.5, 0.6) is 0 Å². The van der Waals surface area contributed by atoms with Gasteiger partial charge in [-0.2, -0.15) is 4.98 Å². The monoisotopic (exact) mass is 338 g/mol. The highest BCUT2D eigenvalue weighted by Crippen LogP contribution is 2.18. The molecule has 1 aliphatic rings. The van der Waals surface area contributed by atoms with Crippen molar-refractivity contribution < 1.29 is 14.1 Å². The number of amides is 1. The molecule has 0 bridgehead atoms. The molecule has 0 aliphatic carbocycles. The summed E-state index contributed by atoms with van der Waals surface area (Å²) in [6.45, 7) is 3.63. The Morgan fingerprint density at radius 3 is 2.87 bits per heavy atom. The summed E-state index contributed by atoms with van der Waals surface area (Å²) in [7, 11) is 0. The van der Waals surface area contributed by atoms with Crippen LogP contribution in [-0.2, 0) is 9.53 Å². The zero-order valence-corrected chi connectivity index (χ0v) is 13.5. The number of hydrogen-bond donors (Lipinski definition) is 2. The molecule has 2 atom stereocenters. The molecule has 1 aliphatic heterocycles. The summed E-state index contributed by atoms with van der Waals surface area (Å²) in [5, 5.41) is 9.89. The lowest BCUT2D eigenvalue weighted by Crippen LogP contribution is -2.48. The molecular formula is C15H19ClN4O3. The lowest BCUT2D eigenvalue weighted by atomic mass is 10.2. The highest BCUT2D eigenvalue weighted by molar-refractivity contribution is 5.85. The van der Waals surface area contributed by atoms with Crippen LogP contribution in [0.1, 0.15) is 18.8 Å². The van der Waals surface area contributed by atoms with Crippen molar-refractivity contribution in [3.8, 4) is 11.5 Å². The van der Waals surface area contributed by atoms with Crippen LogP contribution in [0.15, 0.2) is 34.9 Å². The number of aromatic nitrogens is 2. The topological polar surface area (TPSA) is 89.3 Å². The number of rotatable bonds is 4. The number of hydrogen-bond acceptors (Lipinski definition) is 6. The molecule has 8 heteroatoms. The lowest BCUT2D eigenvalue weighted by molar-refractivity contribution is -0.134. The Balaban J connectivity index is 0.00000192. The average molecular weight is 339 g/mol. The SMILES string of the molecule is CC(NC(=O)C1CNCCO1)c1noc(-c2ccccc2)n1.Cl. The number of nitrogens with zero attached hydrogens (tertiary/aromatic N) is 2. The third kappa shape index (κ3) is 4.28. The van der Waals surface area contributed by atoms with E-state index in [0.717, 1.165) is 12.1 Å². The highest BCUT2D eigenvalue weighted by atomic mass is 35.5. The number of carbonyl (C=O) groups excluding carboxylic acids is 1. The zero-order valence-electron chi connectivity index (χ0n) is 12.7. The van der Waals surface area contributed by atoms with Crippen LogP contribution < -0.4 is 10.6 Å². The summed E-state index contributed by atoms with van der Waals surface area (Å²) in [6.07, 6.45) is -0.475. The van der Waals surface area contributed by atoms with Crippen LogP contribution in [0.4, 0.5) is 0 Å². The van der Waals surface area contributed by atoms with Crippen LogP contribution >= 0.6 is 12.4 Å². The maximum atomic E-state index is 12.1. The molecule has 2 N–H and O–H groups in total. The van der Waals surface area contributed by atoms with Crippen LogP contribution in [0.25, 0.3) is 11.5 Å². The van der Waals surface area contributed by atoms with Crippen molar-refractivity contribution in [2.24, 2.45) is 0 Å². The lowest BCUT2D eigenvalue weighted by Gasteiger charge is -2.23. The van der Waals surface area contributed by atoms with E-state index in [-0.39, 0.29) is 24.4 Å². The number of nitrogens with one attached hydrogen (secondary N) is 2. The Labute approximate surface area is 140 Å². The first-order valence-corrected chi connectivity index (χ1v) is 7.26. The van der Waals surface area contributed by atoms with E-state index in [4.69, 9.17) is 9.26 Å². The minimum absolute atomic E-state index is 0. The van der Waals surface area contributed by atoms with Gasteiger partial charge in [0.1, 0.15) is 6.10 Å². The second-order valence-corrected chi connectivity index (χ2v) is 5.12. The summed E-state index contributed by atoms with van der Waals surface area (Å²) in [5.41, 5.74) is 0.847. The summed E-state index contributed by atoms with van der Waals surface area (Å²) in [6, 6.07) is 9.15. The van der Waals surface area contributed by atoms with E-state index in [0.29, 0.717) is 24.9 Å². The molecule has 2 aromatic rings. The van der Waals surface area contributed by atoms with E-state index < -0.39 is 6.10 Å². The smallest absolute Gasteiger partial charge is 0.257 e. The number of carbonyl (C=O) groups is 1. The first kappa shape index (κ1) is 17.4. The first-order chi connectivity index (χ1) is 10.7. The summed E-state index contributed by atoms with van der Waals surface area (Å²) in [4.78, 5) is 16.4. The van der Waals surface area contributed by atoms with Crippen LogP contribution in [0, 0.1) is 0 Å². The normalized spacial score (nSPS) is 18.7. The minimum atomic E-state index is -0.475. The van der Waals surface area contributed by atoms with Gasteiger partial charge in [-0.25, -0.2) is 0 Å². The Kier molecular flexibility index (Phi) is 6.09. The summed E-state index contributed by atoms with van der Waals surface area (Å²) >= 11 is 0. The predicted molar refractivity (Wildman–Crippen MR) is 86.1 cm³/mol. The molecule has 23 heavy (non-hydrogen) atoms. The number of morpholine rings is 1. The molecule has 1 aromatic heterocycles. The fraction of sp³-hybridized carbons (Fsp3) is 0.400. The van der Waals surface area contributed by atoms with Gasteiger partial charge >= 0.3 is 0 Å². The van der Waals surface area contributed by atoms with E-state index in [1.165, 1.54) is 0 Å². The molecule has 0 spiro atoms. The largest absolute Gasteiger partial charge is 0.366 e. The van der Waals surface area contributed by atoms with E-state index >= 15 is 0 Å². The first-order valence-electron chi connectivity index (χ1n) is 7.26. The van der Waals surface area contributed by atoms with Crippen molar-refractivity contribution in [3.05, 3.63) is 36.2 Å². The molecule has 1 saturated heterocycles. The predicted octanol–water partition coefficient (Wildman–Crippen LogP) is 1.32. The average Bonchev–Trinajstić information content (AvgIpc) is 3.06. The Bertz CT molecular complexity index is 629. The standard InChI is InChI=1S/C15H18N4O3.ClH/c1-10(17-14(20)12-9-16-7-8-21-12)13-18-15(22-19-13)11-5-3-2-4-6-11;/h2-6,10,12,16H,7-9H2,1H3,(H,17,20);1H. The van der Waals surface area contributed by atoms with Crippen molar-refractivity contribution in [1.29, 1.82) is 0 Å². The maximum Gasteiger partial charge on any atom is 0.257 e. The van der Waals surface area contributed by atoms with E-state index in [1.54, 1.807) is 0 Å². The second-order valence-electron chi connectivity index (χ2n) is 5.12. The van der Waals surface area contributed by atoms with Crippen molar-refractivity contribution >= 4 is 18.3 Å². The van der Waals surface area contributed by atoms with Gasteiger partial charge < -0.3 is 19.9 Å². The number of ether oxygens (including phenoxy) is 1. The van der Waals surface area contributed by atoms with Gasteiger partial charge in [0, 0.05) is 18.7 Å². The van der Waals surface area contributed by atoms with Gasteiger partial charge in [0.2, 0.25) is 0 Å². The Morgan fingerprint density at radius 1 is 1.39 bits per heavy atom. The Hall–Kier alpha value is -1.96. The number of halogens is 1. The molecule has 1 aromatic carbocycles. The van der Waals surface area contributed by atoms with Crippen molar-refractivity contribution in [3.63, 3.8) is 0 Å². The molecule has 2 unspecified atom stereocenters. The fourth-order valence-corrected chi connectivity index (χ4v) is 2.21. The molecule has 3 rings (SSSR count). The Morgan fingerprint density at radius 2 is 2.17 bits per heavy atom. The van der Waals surface area contributed by atoms with Gasteiger partial charge in [-0.15, -0.1) is 12.4 Å². The third-order valence-corrected chi connectivity index (χ3v) is 3.43. The van der Waals surface area contributed by atoms with Crippen LogP contribution in [0.2, 0.25) is 0 Å². The molecular weight excluding hydrogens is 320 g/mol. The van der Waals surface area contributed by atoms with Crippen molar-refractivity contribution in [2.75, 3.05) is 19.7 Å². The molecule has 1 fully saturated rings. The van der Waals surface area contributed by atoms with Gasteiger partial charge in [-0.1, -0.05) is 23.4 Å². The molecule has 1 amide bonds. The fourth-order valence-electron chi connectivity index (χ4n) is 2.21. The summed E-state index contributed by atoms with van der Waals surface area (Å²) < 4.78 is 10.7. The summed E-state index contributed by atoms with van der Waals surface area (Å²) in [5.74, 6) is 0.703. The van der Waals surface area contributed by atoms with Gasteiger partial charge in [-0.05, 0) is 19.1 Å². The molecule has 2 heterocycles. The number of benzene rings is 1. The quantitative estimate of drug-likeness (QED) is 0.874.